The smallest absolute Gasteiger partial charge is 0.154 e. The van der Waals surface area contributed by atoms with E-state index in [1.54, 1.807) is 12.1 Å². The fraction of sp³-hybridized carbons (Fsp3) is 0.429. The Labute approximate surface area is 177 Å². The molecule has 1 aromatic carbocycles. The molecule has 5 nitrogen and oxygen atoms in total. The second-order valence-corrected chi connectivity index (χ2v) is 6.45. The van der Waals surface area contributed by atoms with E-state index in [0.29, 0.717) is 21.7 Å². The lowest BCUT2D eigenvalue weighted by atomic mass is 10.1. The highest BCUT2D eigenvalue weighted by Gasteiger charge is 2.17. The summed E-state index contributed by atoms with van der Waals surface area (Å²) in [6.07, 6.45) is 2.65. The number of halogens is 2. The third kappa shape index (κ3) is 5.60. The van der Waals surface area contributed by atoms with E-state index in [2.05, 4.69) is 20.3 Å². The summed E-state index contributed by atoms with van der Waals surface area (Å²) in [5.41, 5.74) is 3.30. The summed E-state index contributed by atoms with van der Waals surface area (Å²) in [5.74, 6) is 1.32. The molecule has 3 aromatic rings. The van der Waals surface area contributed by atoms with Crippen molar-refractivity contribution in [2.75, 3.05) is 11.9 Å². The van der Waals surface area contributed by atoms with Crippen molar-refractivity contribution in [1.82, 2.24) is 15.0 Å². The van der Waals surface area contributed by atoms with Gasteiger partial charge in [-0.15, -0.1) is 0 Å². The number of hydrogen-bond acceptors (Lipinski definition) is 4. The van der Waals surface area contributed by atoms with Crippen molar-refractivity contribution < 1.29 is 5.11 Å². The Bertz CT molecular complexity index is 876. The number of rotatable bonds is 5. The molecule has 2 aromatic heterocycles. The zero-order chi connectivity index (χ0) is 21.3. The zero-order valence-electron chi connectivity index (χ0n) is 17.4. The molecule has 0 spiro atoms. The monoisotopic (exact) mass is 424 g/mol. The van der Waals surface area contributed by atoms with Gasteiger partial charge in [0.2, 0.25) is 0 Å². The van der Waals surface area contributed by atoms with E-state index in [1.165, 1.54) is 0 Å². The van der Waals surface area contributed by atoms with Crippen molar-refractivity contribution in [1.29, 1.82) is 0 Å². The van der Waals surface area contributed by atoms with Crippen LogP contribution in [-0.2, 0) is 0 Å². The molecule has 0 fully saturated rings. The first kappa shape index (κ1) is 24.2. The molecular weight excluding hydrogens is 395 g/mol. The quantitative estimate of drug-likeness (QED) is 0.438. The van der Waals surface area contributed by atoms with Crippen molar-refractivity contribution in [3.05, 3.63) is 40.3 Å². The van der Waals surface area contributed by atoms with Crippen LogP contribution in [0.5, 0.6) is 0 Å². The molecule has 0 amide bonds. The van der Waals surface area contributed by atoms with Crippen LogP contribution in [-0.4, -0.2) is 32.7 Å². The SMILES string of the molecule is CC.CC.CCC(CO)Nc1nc(C)nc2c(-c3ccc(Cl)cc3Cl)c[nH]c12. The minimum Gasteiger partial charge on any atom is -0.394 e. The molecule has 0 bridgehead atoms. The topological polar surface area (TPSA) is 73.8 Å². The van der Waals surface area contributed by atoms with E-state index < -0.39 is 0 Å². The first-order valence-electron chi connectivity index (χ1n) is 9.72. The molecule has 1 atom stereocenters. The fourth-order valence-electron chi connectivity index (χ4n) is 2.60. The molecule has 0 aliphatic carbocycles. The lowest BCUT2D eigenvalue weighted by molar-refractivity contribution is 0.271. The summed E-state index contributed by atoms with van der Waals surface area (Å²) >= 11 is 12.3. The minimum absolute atomic E-state index is 0.0393. The van der Waals surface area contributed by atoms with Gasteiger partial charge in [-0.05, 0) is 25.5 Å². The Kier molecular flexibility index (Phi) is 10.3. The molecule has 7 heteroatoms. The maximum absolute atomic E-state index is 9.43. The molecule has 0 aliphatic rings. The molecule has 2 heterocycles. The molecule has 3 rings (SSSR count). The highest BCUT2D eigenvalue weighted by molar-refractivity contribution is 6.36. The number of anilines is 1. The predicted molar refractivity (Wildman–Crippen MR) is 122 cm³/mol. The minimum atomic E-state index is -0.0617. The number of aromatic nitrogens is 3. The van der Waals surface area contributed by atoms with E-state index in [4.69, 9.17) is 23.2 Å². The summed E-state index contributed by atoms with van der Waals surface area (Å²) in [6, 6.07) is 5.32. The van der Waals surface area contributed by atoms with Crippen molar-refractivity contribution in [2.24, 2.45) is 0 Å². The van der Waals surface area contributed by atoms with Crippen LogP contribution in [0.25, 0.3) is 22.2 Å². The number of benzene rings is 1. The molecule has 28 heavy (non-hydrogen) atoms. The maximum atomic E-state index is 9.43. The van der Waals surface area contributed by atoms with Gasteiger partial charge in [-0.2, -0.15) is 0 Å². The number of aliphatic hydroxyl groups is 1. The normalized spacial score (nSPS) is 11.2. The van der Waals surface area contributed by atoms with Crippen LogP contribution in [0.4, 0.5) is 5.82 Å². The summed E-state index contributed by atoms with van der Waals surface area (Å²) in [6.45, 7) is 11.9. The lowest BCUT2D eigenvalue weighted by Gasteiger charge is -2.15. The van der Waals surface area contributed by atoms with Crippen LogP contribution < -0.4 is 5.32 Å². The molecule has 0 saturated heterocycles. The average Bonchev–Trinajstić information content (AvgIpc) is 3.12. The van der Waals surface area contributed by atoms with E-state index in [9.17, 15) is 5.11 Å². The highest BCUT2D eigenvalue weighted by Crippen LogP contribution is 2.35. The first-order chi connectivity index (χ1) is 13.5. The number of hydrogen-bond donors (Lipinski definition) is 3. The van der Waals surface area contributed by atoms with Crippen molar-refractivity contribution in [2.45, 2.75) is 54.0 Å². The Hall–Kier alpha value is -1.82. The second-order valence-electron chi connectivity index (χ2n) is 5.60. The number of aryl methyl sites for hydroxylation is 1. The van der Waals surface area contributed by atoms with Gasteiger partial charge in [0.25, 0.3) is 0 Å². The van der Waals surface area contributed by atoms with Crippen LogP contribution in [0.1, 0.15) is 46.9 Å². The third-order valence-electron chi connectivity index (χ3n) is 3.91. The molecule has 0 aliphatic heterocycles. The van der Waals surface area contributed by atoms with Gasteiger partial charge in [0, 0.05) is 22.3 Å². The van der Waals surface area contributed by atoms with E-state index >= 15 is 0 Å². The van der Waals surface area contributed by atoms with E-state index in [0.717, 1.165) is 28.6 Å². The molecule has 0 saturated carbocycles. The number of H-pyrrole nitrogens is 1. The maximum Gasteiger partial charge on any atom is 0.154 e. The zero-order valence-corrected chi connectivity index (χ0v) is 18.9. The van der Waals surface area contributed by atoms with Crippen LogP contribution in [0.2, 0.25) is 10.0 Å². The number of fused-ring (bicyclic) bond motifs is 1. The average molecular weight is 425 g/mol. The van der Waals surface area contributed by atoms with Gasteiger partial charge >= 0.3 is 0 Å². The number of nitrogens with zero attached hydrogens (tertiary/aromatic N) is 2. The van der Waals surface area contributed by atoms with Gasteiger partial charge in [0.05, 0.1) is 17.7 Å². The molecule has 154 valence electrons. The predicted octanol–water partition coefficient (Wildman–Crippen LogP) is 6.48. The summed E-state index contributed by atoms with van der Waals surface area (Å²) in [4.78, 5) is 12.2. The van der Waals surface area contributed by atoms with Gasteiger partial charge in [-0.1, -0.05) is 63.9 Å². The van der Waals surface area contributed by atoms with E-state index in [1.807, 2.05) is 53.8 Å². The van der Waals surface area contributed by atoms with Gasteiger partial charge in [-0.25, -0.2) is 9.97 Å². The summed E-state index contributed by atoms with van der Waals surface area (Å²) < 4.78 is 0. The first-order valence-corrected chi connectivity index (χ1v) is 10.5. The lowest BCUT2D eigenvalue weighted by Crippen LogP contribution is -2.23. The van der Waals surface area contributed by atoms with Gasteiger partial charge in [0.1, 0.15) is 16.9 Å². The summed E-state index contributed by atoms with van der Waals surface area (Å²) in [7, 11) is 0. The standard InChI is InChI=1S/C17H18Cl2N4O.2C2H6/c1-3-11(8-24)23-17-16-15(21-9(2)22-17)13(7-20-16)12-5-4-10(18)6-14(12)19;2*1-2/h4-7,11,20,24H,3,8H2,1-2H3,(H,21,22,23);2*1-2H3. The van der Waals surface area contributed by atoms with Crippen molar-refractivity contribution in [3.63, 3.8) is 0 Å². The van der Waals surface area contributed by atoms with E-state index in [-0.39, 0.29) is 12.6 Å². The molecule has 3 N–H and O–H groups in total. The van der Waals surface area contributed by atoms with Crippen molar-refractivity contribution in [3.8, 4) is 11.1 Å². The van der Waals surface area contributed by atoms with Crippen LogP contribution in [0, 0.1) is 6.92 Å². The Morgan fingerprint density at radius 3 is 2.36 bits per heavy atom. The van der Waals surface area contributed by atoms with Crippen LogP contribution in [0.3, 0.4) is 0 Å². The van der Waals surface area contributed by atoms with Gasteiger partial charge in [0.15, 0.2) is 5.82 Å². The largest absolute Gasteiger partial charge is 0.394 e. The molecule has 1 unspecified atom stereocenters. The van der Waals surface area contributed by atoms with Gasteiger partial charge in [-0.3, -0.25) is 0 Å². The number of nitrogens with one attached hydrogen (secondary N) is 2. The second kappa shape index (κ2) is 11.9. The highest BCUT2D eigenvalue weighted by atomic mass is 35.5. The number of aliphatic hydroxyl groups excluding tert-OH is 1. The van der Waals surface area contributed by atoms with Crippen molar-refractivity contribution >= 4 is 40.1 Å². The Morgan fingerprint density at radius 1 is 1.11 bits per heavy atom. The summed E-state index contributed by atoms with van der Waals surface area (Å²) in [5, 5.41) is 13.8. The van der Waals surface area contributed by atoms with Crippen LogP contribution in [0.15, 0.2) is 24.4 Å². The molecule has 0 radical (unpaired) electrons. The Balaban J connectivity index is 0.000000921. The van der Waals surface area contributed by atoms with Gasteiger partial charge < -0.3 is 15.4 Å². The number of aromatic amines is 1. The molecular formula is C21H30Cl2N4O. The fourth-order valence-corrected chi connectivity index (χ4v) is 3.11. The Morgan fingerprint density at radius 2 is 1.79 bits per heavy atom. The van der Waals surface area contributed by atoms with Crippen LogP contribution >= 0.6 is 23.2 Å². The third-order valence-corrected chi connectivity index (χ3v) is 4.46.